The lowest BCUT2D eigenvalue weighted by molar-refractivity contribution is -0.384. The molecular formula is C13H9ClN4O4. The molecule has 0 aliphatic heterocycles. The molecule has 1 aromatic carbocycles. The van der Waals surface area contributed by atoms with E-state index in [0.29, 0.717) is 0 Å². The van der Waals surface area contributed by atoms with E-state index in [1.165, 1.54) is 18.3 Å². The van der Waals surface area contributed by atoms with Crippen LogP contribution in [0.25, 0.3) is 0 Å². The molecule has 0 aliphatic carbocycles. The summed E-state index contributed by atoms with van der Waals surface area (Å²) in [6, 6.07) is 8.13. The molecule has 0 saturated carbocycles. The number of aromatic nitrogens is 1. The number of nitro groups is 1. The zero-order chi connectivity index (χ0) is 16.1. The van der Waals surface area contributed by atoms with Crippen LogP contribution in [0.15, 0.2) is 42.6 Å². The second kappa shape index (κ2) is 6.64. The van der Waals surface area contributed by atoms with E-state index in [1.807, 2.05) is 0 Å². The summed E-state index contributed by atoms with van der Waals surface area (Å²) in [5, 5.41) is 10.5. The lowest BCUT2D eigenvalue weighted by atomic mass is 10.2. The number of carbonyl (C=O) groups is 2. The van der Waals surface area contributed by atoms with E-state index in [4.69, 9.17) is 11.6 Å². The smallest absolute Gasteiger partial charge is 0.267 e. The fraction of sp³-hybridized carbons (Fsp3) is 0. The minimum absolute atomic E-state index is 0.00594. The highest BCUT2D eigenvalue weighted by molar-refractivity contribution is 6.34. The Labute approximate surface area is 129 Å². The topological polar surface area (TPSA) is 114 Å². The summed E-state index contributed by atoms with van der Waals surface area (Å²) in [7, 11) is 0. The number of carbonyl (C=O) groups excluding carboxylic acids is 2. The van der Waals surface area contributed by atoms with Gasteiger partial charge in [0.2, 0.25) is 0 Å². The first-order chi connectivity index (χ1) is 10.5. The summed E-state index contributed by atoms with van der Waals surface area (Å²) in [6.45, 7) is 0. The SMILES string of the molecule is O=C(NNC(=O)c1ccc([N+](=O)[O-])cc1Cl)c1ccccn1. The van der Waals surface area contributed by atoms with Gasteiger partial charge in [0.1, 0.15) is 5.69 Å². The number of benzene rings is 1. The molecule has 1 aromatic heterocycles. The van der Waals surface area contributed by atoms with Gasteiger partial charge in [-0.1, -0.05) is 17.7 Å². The van der Waals surface area contributed by atoms with Gasteiger partial charge in [0.25, 0.3) is 17.5 Å². The molecule has 0 saturated heterocycles. The maximum absolute atomic E-state index is 11.9. The summed E-state index contributed by atoms with van der Waals surface area (Å²) in [6.07, 6.45) is 1.43. The van der Waals surface area contributed by atoms with E-state index < -0.39 is 16.7 Å². The Hall–Kier alpha value is -3.00. The molecule has 9 heteroatoms. The normalized spacial score (nSPS) is 9.86. The molecular weight excluding hydrogens is 312 g/mol. The Morgan fingerprint density at radius 3 is 2.45 bits per heavy atom. The number of hydrogen-bond acceptors (Lipinski definition) is 5. The number of halogens is 1. The maximum Gasteiger partial charge on any atom is 0.288 e. The summed E-state index contributed by atoms with van der Waals surface area (Å²) in [5.74, 6) is -1.31. The molecule has 0 radical (unpaired) electrons. The first-order valence-corrected chi connectivity index (χ1v) is 6.32. The van der Waals surface area contributed by atoms with Crippen molar-refractivity contribution in [3.8, 4) is 0 Å². The Balaban J connectivity index is 2.04. The summed E-state index contributed by atoms with van der Waals surface area (Å²) >= 11 is 5.81. The van der Waals surface area contributed by atoms with Gasteiger partial charge in [-0.05, 0) is 18.2 Å². The number of nitrogens with zero attached hydrogens (tertiary/aromatic N) is 2. The maximum atomic E-state index is 11.9. The van der Waals surface area contributed by atoms with Crippen molar-refractivity contribution in [1.29, 1.82) is 0 Å². The van der Waals surface area contributed by atoms with Crippen molar-refractivity contribution < 1.29 is 14.5 Å². The molecule has 0 unspecified atom stereocenters. The average molecular weight is 321 g/mol. The van der Waals surface area contributed by atoms with E-state index in [9.17, 15) is 19.7 Å². The van der Waals surface area contributed by atoms with Crippen LogP contribution in [0, 0.1) is 10.1 Å². The van der Waals surface area contributed by atoms with Crippen LogP contribution in [0.1, 0.15) is 20.8 Å². The minimum atomic E-state index is -0.704. The van der Waals surface area contributed by atoms with Gasteiger partial charge in [-0.15, -0.1) is 0 Å². The third kappa shape index (κ3) is 3.55. The van der Waals surface area contributed by atoms with Crippen molar-refractivity contribution >= 4 is 29.1 Å². The van der Waals surface area contributed by atoms with Gasteiger partial charge in [0.15, 0.2) is 0 Å². The van der Waals surface area contributed by atoms with Gasteiger partial charge in [0.05, 0.1) is 15.5 Å². The molecule has 2 N–H and O–H groups in total. The first-order valence-electron chi connectivity index (χ1n) is 5.94. The van der Waals surface area contributed by atoms with Gasteiger partial charge in [0, 0.05) is 18.3 Å². The van der Waals surface area contributed by atoms with Crippen molar-refractivity contribution in [3.05, 3.63) is 69.0 Å². The van der Waals surface area contributed by atoms with Gasteiger partial charge in [-0.2, -0.15) is 0 Å². The second-order valence-electron chi connectivity index (χ2n) is 4.04. The van der Waals surface area contributed by atoms with Crippen LogP contribution >= 0.6 is 11.6 Å². The molecule has 0 aliphatic rings. The Kier molecular flexibility index (Phi) is 4.64. The van der Waals surface area contributed by atoms with Crippen molar-refractivity contribution in [2.45, 2.75) is 0 Å². The summed E-state index contributed by atoms with van der Waals surface area (Å²) in [4.78, 5) is 37.4. The van der Waals surface area contributed by atoms with Crippen LogP contribution in [0.2, 0.25) is 5.02 Å². The van der Waals surface area contributed by atoms with E-state index in [2.05, 4.69) is 15.8 Å². The average Bonchev–Trinajstić information content (AvgIpc) is 2.52. The highest BCUT2D eigenvalue weighted by Crippen LogP contribution is 2.22. The fourth-order valence-corrected chi connectivity index (χ4v) is 1.80. The quantitative estimate of drug-likeness (QED) is 0.660. The van der Waals surface area contributed by atoms with Crippen molar-refractivity contribution in [3.63, 3.8) is 0 Å². The van der Waals surface area contributed by atoms with Gasteiger partial charge < -0.3 is 0 Å². The number of nitrogens with one attached hydrogen (secondary N) is 2. The van der Waals surface area contributed by atoms with Crippen molar-refractivity contribution in [2.24, 2.45) is 0 Å². The van der Waals surface area contributed by atoms with Crippen LogP contribution in [-0.2, 0) is 0 Å². The Morgan fingerprint density at radius 1 is 1.14 bits per heavy atom. The molecule has 2 rings (SSSR count). The lowest BCUT2D eigenvalue weighted by Gasteiger charge is -2.08. The van der Waals surface area contributed by atoms with Crippen molar-refractivity contribution in [1.82, 2.24) is 15.8 Å². The number of hydrazine groups is 1. The highest BCUT2D eigenvalue weighted by Gasteiger charge is 2.16. The first kappa shape index (κ1) is 15.4. The van der Waals surface area contributed by atoms with Crippen molar-refractivity contribution in [2.75, 3.05) is 0 Å². The molecule has 8 nitrogen and oxygen atoms in total. The van der Waals surface area contributed by atoms with E-state index in [0.717, 1.165) is 12.1 Å². The fourth-order valence-electron chi connectivity index (χ4n) is 1.54. The molecule has 2 aromatic rings. The van der Waals surface area contributed by atoms with Crippen LogP contribution in [0.4, 0.5) is 5.69 Å². The Morgan fingerprint density at radius 2 is 1.86 bits per heavy atom. The highest BCUT2D eigenvalue weighted by atomic mass is 35.5. The number of hydrogen-bond donors (Lipinski definition) is 2. The van der Waals surface area contributed by atoms with Crippen LogP contribution in [0.3, 0.4) is 0 Å². The van der Waals surface area contributed by atoms with Gasteiger partial charge in [-0.25, -0.2) is 0 Å². The predicted molar refractivity (Wildman–Crippen MR) is 77.3 cm³/mol. The number of pyridine rings is 1. The van der Waals surface area contributed by atoms with Crippen LogP contribution in [0.5, 0.6) is 0 Å². The van der Waals surface area contributed by atoms with Crippen LogP contribution in [-0.4, -0.2) is 21.7 Å². The standard InChI is InChI=1S/C13H9ClN4O4/c14-10-7-8(18(21)22)4-5-9(10)12(19)16-17-13(20)11-3-1-2-6-15-11/h1-7H,(H,16,19)(H,17,20). The number of nitro benzene ring substituents is 1. The van der Waals surface area contributed by atoms with Crippen LogP contribution < -0.4 is 10.9 Å². The third-order valence-corrected chi connectivity index (χ3v) is 2.91. The monoisotopic (exact) mass is 320 g/mol. The molecule has 22 heavy (non-hydrogen) atoms. The largest absolute Gasteiger partial charge is 0.288 e. The zero-order valence-corrected chi connectivity index (χ0v) is 11.7. The number of amides is 2. The predicted octanol–water partition coefficient (Wildman–Crippen LogP) is 1.72. The van der Waals surface area contributed by atoms with E-state index in [1.54, 1.807) is 12.1 Å². The van der Waals surface area contributed by atoms with E-state index in [-0.39, 0.29) is 22.0 Å². The Bertz CT molecular complexity index is 736. The summed E-state index contributed by atoms with van der Waals surface area (Å²) < 4.78 is 0. The molecule has 112 valence electrons. The second-order valence-corrected chi connectivity index (χ2v) is 4.45. The number of non-ortho nitro benzene ring substituents is 1. The molecule has 0 bridgehead atoms. The minimum Gasteiger partial charge on any atom is -0.267 e. The zero-order valence-electron chi connectivity index (χ0n) is 10.9. The van der Waals surface area contributed by atoms with Gasteiger partial charge >= 0.3 is 0 Å². The lowest BCUT2D eigenvalue weighted by Crippen LogP contribution is -2.42. The van der Waals surface area contributed by atoms with Gasteiger partial charge in [-0.3, -0.25) is 35.5 Å². The molecule has 2 amide bonds. The summed E-state index contributed by atoms with van der Waals surface area (Å²) in [5.41, 5.74) is 4.20. The number of rotatable bonds is 3. The molecule has 0 atom stereocenters. The molecule has 1 heterocycles. The van der Waals surface area contributed by atoms with E-state index >= 15 is 0 Å². The third-order valence-electron chi connectivity index (χ3n) is 2.60. The molecule has 0 spiro atoms. The molecule has 0 fully saturated rings.